The van der Waals surface area contributed by atoms with Gasteiger partial charge < -0.3 is 0 Å². The summed E-state index contributed by atoms with van der Waals surface area (Å²) >= 11 is 2.02. The Morgan fingerprint density at radius 2 is 1.91 bits per heavy atom. The normalized spacial score (nSPS) is 9.36. The van der Waals surface area contributed by atoms with Gasteiger partial charge in [0.2, 0.25) is 0 Å². The van der Waals surface area contributed by atoms with Crippen LogP contribution in [0.25, 0.3) is 6.08 Å². The lowest BCUT2D eigenvalue weighted by Crippen LogP contribution is -1.77. The van der Waals surface area contributed by atoms with Gasteiger partial charge in [-0.2, -0.15) is 8.78 Å². The molecule has 0 nitrogen and oxygen atoms in total. The lowest BCUT2D eigenvalue weighted by atomic mass is 10.2. The molecule has 3 heteroatoms. The molecule has 0 spiro atoms. The van der Waals surface area contributed by atoms with E-state index in [1.165, 1.54) is 0 Å². The molecule has 0 aliphatic heterocycles. The summed E-state index contributed by atoms with van der Waals surface area (Å²) in [6.45, 7) is 0. The average molecular weight is 266 g/mol. The Balaban J connectivity index is 3.04. The fourth-order valence-electron chi connectivity index (χ4n) is 0.710. The Bertz CT molecular complexity index is 277. The third-order valence-corrected chi connectivity index (χ3v) is 2.15. The highest BCUT2D eigenvalue weighted by molar-refractivity contribution is 14.1. The molecule has 1 rings (SSSR count). The van der Waals surface area contributed by atoms with Crippen molar-refractivity contribution in [1.82, 2.24) is 0 Å². The Hall–Kier alpha value is -0.450. The van der Waals surface area contributed by atoms with E-state index in [2.05, 4.69) is 0 Å². The maximum absolute atomic E-state index is 11.8. The van der Waals surface area contributed by atoms with Crippen molar-refractivity contribution in [2.75, 3.05) is 0 Å². The van der Waals surface area contributed by atoms with Crippen LogP contribution in [-0.4, -0.2) is 0 Å². The average Bonchev–Trinajstić information content (AvgIpc) is 1.93. The summed E-state index contributed by atoms with van der Waals surface area (Å²) in [5, 5.41) is 0. The molecule has 0 unspecified atom stereocenters. The third-order valence-electron chi connectivity index (χ3n) is 1.17. The van der Waals surface area contributed by atoms with Gasteiger partial charge in [0.1, 0.15) is 0 Å². The van der Waals surface area contributed by atoms with E-state index in [1.54, 1.807) is 18.2 Å². The van der Waals surface area contributed by atoms with E-state index < -0.39 is 6.08 Å². The van der Waals surface area contributed by atoms with Crippen LogP contribution in [0, 0.1) is 3.57 Å². The second-order valence-corrected chi connectivity index (χ2v) is 3.12. The summed E-state index contributed by atoms with van der Waals surface area (Å²) < 4.78 is 24.3. The minimum absolute atomic E-state index is 0.563. The minimum Gasteiger partial charge on any atom is -0.173 e. The molecular weight excluding hydrogens is 261 g/mol. The first-order chi connectivity index (χ1) is 5.20. The largest absolute Gasteiger partial charge is 0.270 e. The Kier molecular flexibility index (Phi) is 2.99. The topological polar surface area (TPSA) is 0 Å². The molecule has 0 aliphatic carbocycles. The van der Waals surface area contributed by atoms with Gasteiger partial charge in [0.25, 0.3) is 6.08 Å². The molecule has 58 valence electrons. The predicted molar refractivity (Wildman–Crippen MR) is 49.4 cm³/mol. The minimum atomic E-state index is -1.66. The van der Waals surface area contributed by atoms with Crippen LogP contribution in [0.3, 0.4) is 0 Å². The molecule has 0 aromatic heterocycles. The fourth-order valence-corrected chi connectivity index (χ4v) is 1.25. The predicted octanol–water partition coefficient (Wildman–Crippen LogP) is 3.53. The molecule has 0 amide bonds. The van der Waals surface area contributed by atoms with Gasteiger partial charge in [0.05, 0.1) is 0 Å². The lowest BCUT2D eigenvalue weighted by molar-refractivity contribution is 0.429. The first-order valence-corrected chi connectivity index (χ1v) is 4.05. The summed E-state index contributed by atoms with van der Waals surface area (Å²) in [5.41, 5.74) is 0.563. The summed E-state index contributed by atoms with van der Waals surface area (Å²) in [4.78, 5) is 0. The highest BCUT2D eigenvalue weighted by atomic mass is 127. The Morgan fingerprint density at radius 3 is 2.45 bits per heavy atom. The fraction of sp³-hybridized carbons (Fsp3) is 0. The van der Waals surface area contributed by atoms with Gasteiger partial charge in [-0.1, -0.05) is 18.2 Å². The molecule has 1 aromatic carbocycles. The number of hydrogen-bond donors (Lipinski definition) is 0. The Labute approximate surface area is 77.1 Å². The summed E-state index contributed by atoms with van der Waals surface area (Å²) in [6, 6.07) is 6.99. The molecule has 0 saturated heterocycles. The molecule has 0 heterocycles. The second-order valence-electron chi connectivity index (χ2n) is 1.96. The van der Waals surface area contributed by atoms with Gasteiger partial charge in [-0.3, -0.25) is 0 Å². The summed E-state index contributed by atoms with van der Waals surface area (Å²) in [7, 11) is 0. The molecule has 0 aliphatic rings. The van der Waals surface area contributed by atoms with Crippen molar-refractivity contribution >= 4 is 28.7 Å². The SMILES string of the molecule is FC(F)=Cc1ccccc1I. The molecule has 0 saturated carbocycles. The van der Waals surface area contributed by atoms with Gasteiger partial charge in [-0.15, -0.1) is 0 Å². The zero-order chi connectivity index (χ0) is 8.27. The molecule has 1 aromatic rings. The molecular formula is C8H5F2I. The molecule has 11 heavy (non-hydrogen) atoms. The quantitative estimate of drug-likeness (QED) is 0.682. The summed E-state index contributed by atoms with van der Waals surface area (Å²) in [6.07, 6.45) is -0.795. The zero-order valence-electron chi connectivity index (χ0n) is 5.52. The Morgan fingerprint density at radius 1 is 1.27 bits per heavy atom. The standard InChI is InChI=1S/C8H5F2I/c9-8(10)5-6-3-1-2-4-7(6)11/h1-5H. The van der Waals surface area contributed by atoms with Crippen LogP contribution >= 0.6 is 22.6 Å². The van der Waals surface area contributed by atoms with Crippen molar-refractivity contribution in [3.05, 3.63) is 39.5 Å². The van der Waals surface area contributed by atoms with Gasteiger partial charge in [-0.25, -0.2) is 0 Å². The van der Waals surface area contributed by atoms with E-state index in [0.29, 0.717) is 5.56 Å². The maximum atomic E-state index is 11.8. The highest BCUT2D eigenvalue weighted by Gasteiger charge is 1.95. The number of halogens is 3. The van der Waals surface area contributed by atoms with Crippen molar-refractivity contribution < 1.29 is 8.78 Å². The molecule has 0 radical (unpaired) electrons. The van der Waals surface area contributed by atoms with E-state index in [9.17, 15) is 8.78 Å². The maximum Gasteiger partial charge on any atom is 0.270 e. The first-order valence-electron chi connectivity index (χ1n) is 2.97. The first kappa shape index (κ1) is 8.64. The van der Waals surface area contributed by atoms with Crippen molar-refractivity contribution in [3.8, 4) is 0 Å². The van der Waals surface area contributed by atoms with E-state index in [-0.39, 0.29) is 0 Å². The van der Waals surface area contributed by atoms with Gasteiger partial charge in [0, 0.05) is 9.65 Å². The smallest absolute Gasteiger partial charge is 0.173 e. The van der Waals surface area contributed by atoms with Gasteiger partial charge in [-0.05, 0) is 34.2 Å². The van der Waals surface area contributed by atoms with Crippen molar-refractivity contribution in [2.24, 2.45) is 0 Å². The van der Waals surface area contributed by atoms with Crippen molar-refractivity contribution in [1.29, 1.82) is 0 Å². The van der Waals surface area contributed by atoms with E-state index >= 15 is 0 Å². The van der Waals surface area contributed by atoms with E-state index in [0.717, 1.165) is 9.65 Å². The highest BCUT2D eigenvalue weighted by Crippen LogP contribution is 2.15. The van der Waals surface area contributed by atoms with Crippen LogP contribution in [0.1, 0.15) is 5.56 Å². The van der Waals surface area contributed by atoms with Crippen LogP contribution < -0.4 is 0 Å². The van der Waals surface area contributed by atoms with E-state index in [1.807, 2.05) is 28.7 Å². The molecule has 0 atom stereocenters. The molecule has 0 N–H and O–H groups in total. The van der Waals surface area contributed by atoms with Gasteiger partial charge in [0.15, 0.2) is 0 Å². The summed E-state index contributed by atoms with van der Waals surface area (Å²) in [5.74, 6) is 0. The van der Waals surface area contributed by atoms with Crippen LogP contribution in [0.15, 0.2) is 30.3 Å². The number of rotatable bonds is 1. The van der Waals surface area contributed by atoms with Crippen LogP contribution in [0.5, 0.6) is 0 Å². The van der Waals surface area contributed by atoms with E-state index in [4.69, 9.17) is 0 Å². The zero-order valence-corrected chi connectivity index (χ0v) is 7.68. The second kappa shape index (κ2) is 3.80. The monoisotopic (exact) mass is 266 g/mol. The van der Waals surface area contributed by atoms with Gasteiger partial charge >= 0.3 is 0 Å². The van der Waals surface area contributed by atoms with Crippen LogP contribution in [0.2, 0.25) is 0 Å². The van der Waals surface area contributed by atoms with Crippen molar-refractivity contribution in [2.45, 2.75) is 0 Å². The molecule has 0 bridgehead atoms. The number of benzene rings is 1. The molecule has 0 fully saturated rings. The van der Waals surface area contributed by atoms with Crippen LogP contribution in [-0.2, 0) is 0 Å². The van der Waals surface area contributed by atoms with Crippen LogP contribution in [0.4, 0.5) is 8.78 Å². The lowest BCUT2D eigenvalue weighted by Gasteiger charge is -1.94. The van der Waals surface area contributed by atoms with Crippen molar-refractivity contribution in [3.63, 3.8) is 0 Å². The number of hydrogen-bond acceptors (Lipinski definition) is 0. The third kappa shape index (κ3) is 2.57.